The minimum atomic E-state index is -3.97. The third-order valence-electron chi connectivity index (χ3n) is 7.21. The highest BCUT2D eigenvalue weighted by Gasteiger charge is 2.39. The van der Waals surface area contributed by atoms with Crippen LogP contribution in [-0.4, -0.2) is 62.6 Å². The molecular formula is C24H50NO4S+. The van der Waals surface area contributed by atoms with Crippen LogP contribution in [0.4, 0.5) is 0 Å². The lowest BCUT2D eigenvalue weighted by Crippen LogP contribution is -2.51. The van der Waals surface area contributed by atoms with Crippen LogP contribution in [0.1, 0.15) is 110 Å². The van der Waals surface area contributed by atoms with Crippen molar-refractivity contribution in [2.45, 2.75) is 121 Å². The van der Waals surface area contributed by atoms with Crippen LogP contribution in [0.3, 0.4) is 0 Å². The Hall–Kier alpha value is -0.170. The van der Waals surface area contributed by atoms with Gasteiger partial charge in [-0.25, -0.2) is 0 Å². The highest BCUT2D eigenvalue weighted by atomic mass is 32.2. The van der Waals surface area contributed by atoms with Crippen LogP contribution in [0.2, 0.25) is 0 Å². The van der Waals surface area contributed by atoms with Crippen molar-refractivity contribution in [3.63, 3.8) is 0 Å². The number of quaternary nitrogens is 1. The zero-order valence-electron chi connectivity index (χ0n) is 20.1. The summed E-state index contributed by atoms with van der Waals surface area (Å²) in [5.41, 5.74) is 0. The summed E-state index contributed by atoms with van der Waals surface area (Å²) in [6, 6.07) is 0.448. The summed E-state index contributed by atoms with van der Waals surface area (Å²) in [6.07, 6.45) is 18.6. The number of likely N-dealkylation sites (tertiary alicyclic amines) is 1. The molecule has 5 nitrogen and oxygen atoms in total. The van der Waals surface area contributed by atoms with Crippen molar-refractivity contribution < 1.29 is 22.2 Å². The first-order valence-corrected chi connectivity index (χ1v) is 14.1. The van der Waals surface area contributed by atoms with Gasteiger partial charge in [0.2, 0.25) is 0 Å². The van der Waals surface area contributed by atoms with E-state index >= 15 is 0 Å². The van der Waals surface area contributed by atoms with Crippen molar-refractivity contribution in [1.29, 1.82) is 0 Å². The minimum absolute atomic E-state index is 0.448. The van der Waals surface area contributed by atoms with Gasteiger partial charge in [0.05, 0.1) is 32.0 Å². The Bertz CT molecular complexity index is 525. The summed E-state index contributed by atoms with van der Waals surface area (Å²) in [5.74, 6) is 0. The van der Waals surface area contributed by atoms with E-state index in [-0.39, 0.29) is 0 Å². The lowest BCUT2D eigenvalue weighted by Gasteiger charge is -2.36. The Kier molecular flexibility index (Phi) is 14.5. The van der Waals surface area contributed by atoms with Gasteiger partial charge in [-0.3, -0.25) is 4.55 Å². The van der Waals surface area contributed by atoms with Gasteiger partial charge < -0.3 is 9.22 Å². The van der Waals surface area contributed by atoms with Crippen molar-refractivity contribution in [3.05, 3.63) is 0 Å². The maximum atomic E-state index is 11.9. The Labute approximate surface area is 187 Å². The molecule has 1 aliphatic heterocycles. The lowest BCUT2D eigenvalue weighted by atomic mass is 10.0. The first kappa shape index (κ1) is 27.9. The molecule has 180 valence electrons. The van der Waals surface area contributed by atoms with E-state index in [1.54, 1.807) is 7.11 Å². The van der Waals surface area contributed by atoms with Gasteiger partial charge in [0.15, 0.2) is 0 Å². The molecule has 0 saturated carbocycles. The number of hydrogen-bond acceptors (Lipinski definition) is 3. The number of unbranched alkanes of at least 4 members (excludes halogenated alkanes) is 11. The van der Waals surface area contributed by atoms with Gasteiger partial charge in [-0.1, -0.05) is 84.0 Å². The van der Waals surface area contributed by atoms with Gasteiger partial charge in [0.1, 0.15) is 6.04 Å². The van der Waals surface area contributed by atoms with Gasteiger partial charge in [0, 0.05) is 26.4 Å². The fourth-order valence-corrected chi connectivity index (χ4v) is 5.89. The van der Waals surface area contributed by atoms with Crippen molar-refractivity contribution in [2.24, 2.45) is 0 Å². The molecule has 1 heterocycles. The molecule has 2 unspecified atom stereocenters. The van der Waals surface area contributed by atoms with Crippen LogP contribution in [0.15, 0.2) is 0 Å². The molecule has 0 aromatic carbocycles. The van der Waals surface area contributed by atoms with E-state index < -0.39 is 15.4 Å². The lowest BCUT2D eigenvalue weighted by molar-refractivity contribution is -0.921. The maximum absolute atomic E-state index is 11.9. The second-order valence-electron chi connectivity index (χ2n) is 9.78. The summed E-state index contributed by atoms with van der Waals surface area (Å²) >= 11 is 0. The third-order valence-corrected chi connectivity index (χ3v) is 8.52. The van der Waals surface area contributed by atoms with Crippen molar-refractivity contribution in [3.8, 4) is 0 Å². The predicted octanol–water partition coefficient (Wildman–Crippen LogP) is 5.98. The fraction of sp³-hybridized carbons (Fsp3) is 1.00. The van der Waals surface area contributed by atoms with Crippen molar-refractivity contribution in [1.82, 2.24) is 0 Å². The van der Waals surface area contributed by atoms with E-state index in [9.17, 15) is 13.0 Å². The maximum Gasteiger partial charge on any atom is 0.267 e. The number of rotatable bonds is 19. The van der Waals surface area contributed by atoms with Crippen LogP contribution in [0.25, 0.3) is 0 Å². The Morgan fingerprint density at radius 3 is 1.97 bits per heavy atom. The largest absolute Gasteiger partial charge is 0.379 e. The summed E-state index contributed by atoms with van der Waals surface area (Å²) in [5, 5.41) is -0.612. The fourth-order valence-electron chi connectivity index (χ4n) is 5.03. The number of hydrogen-bond donors (Lipinski definition) is 1. The minimum Gasteiger partial charge on any atom is -0.379 e. The standard InChI is InChI=1S/C24H49NO4S/c1-4-5-6-7-8-9-10-11-12-13-14-15-18-24(30(26,27)28)19-21-25(2)20-16-17-23(25)22-29-3/h23-24H,4-22H2,1-3H3/p+1/t23-,24?,25?/m0/s1. The molecule has 0 spiro atoms. The molecule has 1 aliphatic rings. The molecule has 0 amide bonds. The molecule has 1 fully saturated rings. The Morgan fingerprint density at radius 1 is 0.933 bits per heavy atom. The average molecular weight is 449 g/mol. The van der Waals surface area contributed by atoms with Crippen LogP contribution < -0.4 is 0 Å². The van der Waals surface area contributed by atoms with E-state index in [4.69, 9.17) is 4.74 Å². The SMILES string of the molecule is CCCCCCCCCCCCCCC(CC[N+]1(C)CCC[C@H]1COC)S(=O)(=O)O. The first-order valence-electron chi connectivity index (χ1n) is 12.6. The smallest absolute Gasteiger partial charge is 0.267 e. The highest BCUT2D eigenvalue weighted by molar-refractivity contribution is 7.86. The van der Waals surface area contributed by atoms with Crippen LogP contribution in [0.5, 0.6) is 0 Å². The zero-order chi connectivity index (χ0) is 22.3. The summed E-state index contributed by atoms with van der Waals surface area (Å²) < 4.78 is 39.8. The van der Waals surface area contributed by atoms with Crippen molar-refractivity contribution >= 4 is 10.1 Å². The molecular weight excluding hydrogens is 398 g/mol. The molecule has 0 bridgehead atoms. The van der Waals surface area contributed by atoms with E-state index in [0.29, 0.717) is 18.9 Å². The molecule has 3 atom stereocenters. The van der Waals surface area contributed by atoms with Gasteiger partial charge >= 0.3 is 0 Å². The van der Waals surface area contributed by atoms with Gasteiger partial charge in [0.25, 0.3) is 10.1 Å². The first-order chi connectivity index (χ1) is 14.3. The van der Waals surface area contributed by atoms with Gasteiger partial charge in [-0.15, -0.1) is 0 Å². The topological polar surface area (TPSA) is 63.6 Å². The Morgan fingerprint density at radius 2 is 1.47 bits per heavy atom. The number of nitrogens with zero attached hydrogens (tertiary/aromatic N) is 1. The van der Waals surface area contributed by atoms with E-state index in [2.05, 4.69) is 14.0 Å². The third kappa shape index (κ3) is 11.4. The monoisotopic (exact) mass is 448 g/mol. The average Bonchev–Trinajstić information content (AvgIpc) is 3.05. The van der Waals surface area contributed by atoms with Crippen LogP contribution >= 0.6 is 0 Å². The molecule has 1 N–H and O–H groups in total. The van der Waals surface area contributed by atoms with Gasteiger partial charge in [-0.2, -0.15) is 8.42 Å². The van der Waals surface area contributed by atoms with Crippen LogP contribution in [0, 0.1) is 0 Å². The second-order valence-corrected chi connectivity index (χ2v) is 11.5. The molecule has 0 aliphatic carbocycles. The Balaban J connectivity index is 2.19. The molecule has 1 saturated heterocycles. The summed E-state index contributed by atoms with van der Waals surface area (Å²) in [7, 11) is -0.0257. The van der Waals surface area contributed by atoms with E-state index in [0.717, 1.165) is 43.4 Å². The quantitative estimate of drug-likeness (QED) is 0.150. The highest BCUT2D eigenvalue weighted by Crippen LogP contribution is 2.27. The van der Waals surface area contributed by atoms with Gasteiger partial charge in [-0.05, 0) is 6.42 Å². The number of likely N-dealkylation sites (N-methyl/N-ethyl adjacent to an activating group) is 1. The second kappa shape index (κ2) is 15.6. The molecule has 30 heavy (non-hydrogen) atoms. The molecule has 0 aromatic rings. The van der Waals surface area contributed by atoms with E-state index in [1.165, 1.54) is 70.6 Å². The molecule has 0 aromatic heterocycles. The normalized spacial score (nSPS) is 23.1. The predicted molar refractivity (Wildman–Crippen MR) is 126 cm³/mol. The number of ether oxygens (including phenoxy) is 1. The zero-order valence-corrected chi connectivity index (χ0v) is 20.9. The molecule has 6 heteroatoms. The van der Waals surface area contributed by atoms with Crippen LogP contribution in [-0.2, 0) is 14.9 Å². The summed E-state index contributed by atoms with van der Waals surface area (Å²) in [6.45, 7) is 4.86. The number of methoxy groups -OCH3 is 1. The van der Waals surface area contributed by atoms with E-state index in [1.807, 2.05) is 0 Å². The molecule has 0 radical (unpaired) electrons. The van der Waals surface area contributed by atoms with Crippen molar-refractivity contribution in [2.75, 3.05) is 33.9 Å². The molecule has 1 rings (SSSR count). The summed E-state index contributed by atoms with van der Waals surface area (Å²) in [4.78, 5) is 0.